The van der Waals surface area contributed by atoms with Crippen LogP contribution in [0.25, 0.3) is 11.3 Å². The number of aliphatic hydroxyl groups is 1. The zero-order chi connectivity index (χ0) is 10.8. The number of H-pyrrole nitrogens is 1. The van der Waals surface area contributed by atoms with Crippen molar-refractivity contribution in [1.82, 2.24) is 9.97 Å². The second-order valence-electron chi connectivity index (χ2n) is 3.03. The molecule has 5 heteroatoms. The lowest BCUT2D eigenvalue weighted by molar-refractivity contribution is 0.272. The Morgan fingerprint density at radius 3 is 2.93 bits per heavy atom. The maximum Gasteiger partial charge on any atom is 0.132 e. The van der Waals surface area contributed by atoms with E-state index in [-0.39, 0.29) is 12.4 Å². The van der Waals surface area contributed by atoms with Crippen molar-refractivity contribution in [2.45, 2.75) is 6.61 Å². The zero-order valence-corrected chi connectivity index (χ0v) is 8.42. The lowest BCUT2D eigenvalue weighted by atomic mass is 10.1. The summed E-state index contributed by atoms with van der Waals surface area (Å²) in [6.07, 6.45) is 1.46. The van der Waals surface area contributed by atoms with Gasteiger partial charge in [-0.05, 0) is 18.2 Å². The van der Waals surface area contributed by atoms with Gasteiger partial charge in [-0.2, -0.15) is 0 Å². The number of imidazole rings is 1. The highest BCUT2D eigenvalue weighted by atomic mass is 35.5. The Bertz CT molecular complexity index is 484. The van der Waals surface area contributed by atoms with Gasteiger partial charge in [0.05, 0.1) is 11.9 Å². The first-order valence-corrected chi connectivity index (χ1v) is 4.68. The molecule has 2 N–H and O–H groups in total. The van der Waals surface area contributed by atoms with Crippen molar-refractivity contribution in [1.29, 1.82) is 0 Å². The van der Waals surface area contributed by atoms with Crippen LogP contribution in [0.3, 0.4) is 0 Å². The van der Waals surface area contributed by atoms with E-state index in [1.165, 1.54) is 24.4 Å². The largest absolute Gasteiger partial charge is 0.388 e. The van der Waals surface area contributed by atoms with E-state index >= 15 is 0 Å². The fraction of sp³-hybridized carbons (Fsp3) is 0.100. The quantitative estimate of drug-likeness (QED) is 0.826. The van der Waals surface area contributed by atoms with Crippen LogP contribution in [0.2, 0.25) is 5.02 Å². The summed E-state index contributed by atoms with van der Waals surface area (Å²) in [6.45, 7) is -0.206. The highest BCUT2D eigenvalue weighted by Crippen LogP contribution is 2.24. The summed E-state index contributed by atoms with van der Waals surface area (Å²) < 4.78 is 13.4. The lowest BCUT2D eigenvalue weighted by Crippen LogP contribution is -1.87. The van der Waals surface area contributed by atoms with Gasteiger partial charge in [0.1, 0.15) is 18.2 Å². The minimum absolute atomic E-state index is 0.206. The number of nitrogens with one attached hydrogen (secondary N) is 1. The van der Waals surface area contributed by atoms with E-state index < -0.39 is 0 Å². The summed E-state index contributed by atoms with van der Waals surface area (Å²) in [6, 6.07) is 4.27. The number of hydrogen-bond donors (Lipinski definition) is 2. The van der Waals surface area contributed by atoms with Crippen molar-refractivity contribution in [3.8, 4) is 11.3 Å². The SMILES string of the molecule is OCc1ncc(-c2cc(Cl)ccc2F)[nH]1. The van der Waals surface area contributed by atoms with E-state index in [2.05, 4.69) is 9.97 Å². The molecule has 2 rings (SSSR count). The van der Waals surface area contributed by atoms with Crippen LogP contribution < -0.4 is 0 Å². The molecular formula is C10H8ClFN2O. The average molecular weight is 227 g/mol. The van der Waals surface area contributed by atoms with Gasteiger partial charge >= 0.3 is 0 Å². The molecule has 0 radical (unpaired) electrons. The minimum atomic E-state index is -0.382. The van der Waals surface area contributed by atoms with Gasteiger partial charge in [0, 0.05) is 10.6 Å². The number of aromatic nitrogens is 2. The summed E-state index contributed by atoms with van der Waals surface area (Å²) in [5.74, 6) is 0.0110. The van der Waals surface area contributed by atoms with Gasteiger partial charge in [-0.1, -0.05) is 11.6 Å². The van der Waals surface area contributed by atoms with E-state index in [4.69, 9.17) is 16.7 Å². The first-order valence-electron chi connectivity index (χ1n) is 4.31. The zero-order valence-electron chi connectivity index (χ0n) is 7.67. The molecule has 78 valence electrons. The number of aromatic amines is 1. The molecule has 0 aliphatic rings. The normalized spacial score (nSPS) is 10.6. The molecule has 15 heavy (non-hydrogen) atoms. The standard InChI is InChI=1S/C10H8ClFN2O/c11-6-1-2-8(12)7(3-6)9-4-13-10(5-15)14-9/h1-4,15H,5H2,(H,13,14). The Morgan fingerprint density at radius 2 is 2.27 bits per heavy atom. The molecular weight excluding hydrogens is 219 g/mol. The molecule has 0 unspecified atom stereocenters. The molecule has 2 aromatic rings. The summed E-state index contributed by atoms with van der Waals surface area (Å²) in [5, 5.41) is 9.26. The van der Waals surface area contributed by atoms with Crippen molar-refractivity contribution in [3.05, 3.63) is 41.1 Å². The molecule has 3 nitrogen and oxygen atoms in total. The highest BCUT2D eigenvalue weighted by Gasteiger charge is 2.08. The molecule has 0 amide bonds. The van der Waals surface area contributed by atoms with Crippen LogP contribution in [0.4, 0.5) is 4.39 Å². The van der Waals surface area contributed by atoms with Gasteiger partial charge in [0.15, 0.2) is 0 Å². The summed E-state index contributed by atoms with van der Waals surface area (Å²) in [4.78, 5) is 6.65. The molecule has 1 heterocycles. The Morgan fingerprint density at radius 1 is 1.47 bits per heavy atom. The van der Waals surface area contributed by atoms with Gasteiger partial charge in [0.25, 0.3) is 0 Å². The van der Waals surface area contributed by atoms with Gasteiger partial charge in [0.2, 0.25) is 0 Å². The van der Waals surface area contributed by atoms with Crippen molar-refractivity contribution >= 4 is 11.6 Å². The second-order valence-corrected chi connectivity index (χ2v) is 3.46. The van der Waals surface area contributed by atoms with Gasteiger partial charge in [-0.15, -0.1) is 0 Å². The first-order chi connectivity index (χ1) is 7.20. The monoisotopic (exact) mass is 226 g/mol. The molecule has 0 saturated carbocycles. The van der Waals surface area contributed by atoms with E-state index in [1.54, 1.807) is 0 Å². The number of rotatable bonds is 2. The smallest absolute Gasteiger partial charge is 0.132 e. The molecule has 0 bridgehead atoms. The van der Waals surface area contributed by atoms with E-state index in [9.17, 15) is 4.39 Å². The number of aliphatic hydroxyl groups excluding tert-OH is 1. The number of benzene rings is 1. The Kier molecular flexibility index (Phi) is 2.70. The minimum Gasteiger partial charge on any atom is -0.388 e. The number of hydrogen-bond acceptors (Lipinski definition) is 2. The third-order valence-electron chi connectivity index (χ3n) is 2.00. The Hall–Kier alpha value is -1.39. The van der Waals surface area contributed by atoms with Crippen molar-refractivity contribution in [2.75, 3.05) is 0 Å². The van der Waals surface area contributed by atoms with Gasteiger partial charge in [-0.25, -0.2) is 9.37 Å². The van der Waals surface area contributed by atoms with Crippen LogP contribution in [0, 0.1) is 5.82 Å². The molecule has 1 aromatic carbocycles. The molecule has 0 atom stereocenters. The lowest BCUT2D eigenvalue weighted by Gasteiger charge is -2.00. The first kappa shape index (κ1) is 10.1. The predicted octanol–water partition coefficient (Wildman–Crippen LogP) is 2.36. The van der Waals surface area contributed by atoms with Crippen molar-refractivity contribution < 1.29 is 9.50 Å². The Balaban J connectivity index is 2.48. The second kappa shape index (κ2) is 4.00. The summed E-state index contributed by atoms with van der Waals surface area (Å²) in [7, 11) is 0. The Labute approximate surface area is 90.5 Å². The average Bonchev–Trinajstić information content (AvgIpc) is 2.70. The van der Waals surface area contributed by atoms with E-state index in [1.807, 2.05) is 0 Å². The molecule has 0 spiro atoms. The molecule has 0 saturated heterocycles. The van der Waals surface area contributed by atoms with Crippen LogP contribution >= 0.6 is 11.6 Å². The summed E-state index contributed by atoms with van der Waals surface area (Å²) in [5.41, 5.74) is 0.841. The van der Waals surface area contributed by atoms with E-state index in [0.717, 1.165) is 0 Å². The highest BCUT2D eigenvalue weighted by molar-refractivity contribution is 6.30. The third kappa shape index (κ3) is 2.00. The maximum atomic E-state index is 13.4. The number of halogens is 2. The fourth-order valence-electron chi connectivity index (χ4n) is 1.28. The third-order valence-corrected chi connectivity index (χ3v) is 2.23. The number of nitrogens with zero attached hydrogens (tertiary/aromatic N) is 1. The molecule has 1 aromatic heterocycles. The maximum absolute atomic E-state index is 13.4. The van der Waals surface area contributed by atoms with Crippen LogP contribution in [0.15, 0.2) is 24.4 Å². The molecule has 0 fully saturated rings. The van der Waals surface area contributed by atoms with Crippen molar-refractivity contribution in [3.63, 3.8) is 0 Å². The van der Waals surface area contributed by atoms with Crippen LogP contribution in [-0.4, -0.2) is 15.1 Å². The predicted molar refractivity (Wildman–Crippen MR) is 54.9 cm³/mol. The molecule has 0 aliphatic heterocycles. The van der Waals surface area contributed by atoms with Crippen LogP contribution in [-0.2, 0) is 6.61 Å². The van der Waals surface area contributed by atoms with E-state index in [0.29, 0.717) is 22.1 Å². The molecule has 0 aliphatic carbocycles. The summed E-state index contributed by atoms with van der Waals surface area (Å²) >= 11 is 5.76. The fourth-order valence-corrected chi connectivity index (χ4v) is 1.46. The van der Waals surface area contributed by atoms with Crippen LogP contribution in [0.5, 0.6) is 0 Å². The van der Waals surface area contributed by atoms with Crippen molar-refractivity contribution in [2.24, 2.45) is 0 Å². The topological polar surface area (TPSA) is 48.9 Å². The van der Waals surface area contributed by atoms with Gasteiger partial charge in [-0.3, -0.25) is 0 Å². The van der Waals surface area contributed by atoms with Crippen LogP contribution in [0.1, 0.15) is 5.82 Å². The van der Waals surface area contributed by atoms with Gasteiger partial charge < -0.3 is 10.1 Å².